The van der Waals surface area contributed by atoms with Crippen LogP contribution in [-0.4, -0.2) is 31.7 Å². The molecule has 4 rings (SSSR count). The third-order valence-electron chi connectivity index (χ3n) is 4.76. The van der Waals surface area contributed by atoms with Gasteiger partial charge in [-0.15, -0.1) is 10.2 Å². The number of rotatable bonds is 7. The lowest BCUT2D eigenvalue weighted by Gasteiger charge is -2.14. The summed E-state index contributed by atoms with van der Waals surface area (Å²) in [6.07, 6.45) is 4.70. The van der Waals surface area contributed by atoms with E-state index in [0.29, 0.717) is 23.2 Å². The molecule has 0 saturated heterocycles. The minimum absolute atomic E-state index is 0.0660. The first-order chi connectivity index (χ1) is 12.5. The normalized spacial score (nSPS) is 17.8. The number of carbonyl (C=O) groups is 2. The number of nitrogens with one attached hydrogen (secondary N) is 1. The lowest BCUT2D eigenvalue weighted by atomic mass is 10.1. The predicted molar refractivity (Wildman–Crippen MR) is 101 cm³/mol. The second-order valence-corrected chi connectivity index (χ2v) is 8.38. The second kappa shape index (κ2) is 6.87. The quantitative estimate of drug-likeness (QED) is 0.592. The number of amides is 1. The van der Waals surface area contributed by atoms with Gasteiger partial charge in [-0.2, -0.15) is 0 Å². The molecule has 0 aliphatic heterocycles. The van der Waals surface area contributed by atoms with Crippen LogP contribution in [0.3, 0.4) is 0 Å². The van der Waals surface area contributed by atoms with E-state index in [1.54, 1.807) is 18.2 Å². The van der Waals surface area contributed by atoms with Crippen LogP contribution in [-0.2, 0) is 4.79 Å². The monoisotopic (exact) mass is 370 g/mol. The molecule has 1 aromatic carbocycles. The Morgan fingerprint density at radius 3 is 2.58 bits per heavy atom. The fourth-order valence-corrected chi connectivity index (χ4v) is 3.94. The first kappa shape index (κ1) is 17.3. The second-order valence-electron chi connectivity index (χ2n) is 7.07. The van der Waals surface area contributed by atoms with Gasteiger partial charge in [0.25, 0.3) is 0 Å². The van der Waals surface area contributed by atoms with E-state index < -0.39 is 0 Å². The molecule has 1 aromatic heterocycles. The minimum Gasteiger partial charge on any atom is -0.324 e. The largest absolute Gasteiger partial charge is 0.324 e. The summed E-state index contributed by atoms with van der Waals surface area (Å²) in [5, 5.41) is 12.1. The highest BCUT2D eigenvalue weighted by molar-refractivity contribution is 8.00. The van der Waals surface area contributed by atoms with Gasteiger partial charge < -0.3 is 9.88 Å². The van der Waals surface area contributed by atoms with Crippen LogP contribution in [0.25, 0.3) is 0 Å². The van der Waals surface area contributed by atoms with Crippen LogP contribution in [0.15, 0.2) is 29.4 Å². The van der Waals surface area contributed by atoms with Crippen LogP contribution in [0.1, 0.15) is 67.7 Å². The van der Waals surface area contributed by atoms with Gasteiger partial charge in [0, 0.05) is 17.5 Å². The zero-order valence-corrected chi connectivity index (χ0v) is 15.8. The first-order valence-corrected chi connectivity index (χ1v) is 9.95. The van der Waals surface area contributed by atoms with Crippen molar-refractivity contribution in [2.75, 3.05) is 5.32 Å². The number of benzene rings is 1. The van der Waals surface area contributed by atoms with Crippen molar-refractivity contribution < 1.29 is 9.59 Å². The van der Waals surface area contributed by atoms with E-state index in [1.807, 2.05) is 13.0 Å². The fourth-order valence-electron chi connectivity index (χ4n) is 3.01. The van der Waals surface area contributed by atoms with Gasteiger partial charge in [0.1, 0.15) is 5.82 Å². The Labute approximate surface area is 156 Å². The molecule has 0 spiro atoms. The van der Waals surface area contributed by atoms with Crippen molar-refractivity contribution in [3.05, 3.63) is 35.7 Å². The Morgan fingerprint density at radius 2 is 1.92 bits per heavy atom. The van der Waals surface area contributed by atoms with Gasteiger partial charge in [0.05, 0.1) is 10.9 Å². The number of hydrogen-bond acceptors (Lipinski definition) is 5. The zero-order chi connectivity index (χ0) is 18.3. The van der Waals surface area contributed by atoms with E-state index in [0.717, 1.165) is 23.8 Å². The molecule has 1 heterocycles. The SMILES string of the molecule is CC(=O)c1ccccc1NC(=O)C(C)Sc1nnc(C2CC2)n1C1CC1. The summed E-state index contributed by atoms with van der Waals surface area (Å²) in [4.78, 5) is 24.4. The smallest absolute Gasteiger partial charge is 0.237 e. The number of thioether (sulfide) groups is 1. The Hall–Kier alpha value is -2.15. The molecular weight excluding hydrogens is 348 g/mol. The van der Waals surface area contributed by atoms with Gasteiger partial charge >= 0.3 is 0 Å². The van der Waals surface area contributed by atoms with E-state index in [4.69, 9.17) is 0 Å². The third-order valence-corrected chi connectivity index (χ3v) is 5.82. The lowest BCUT2D eigenvalue weighted by Crippen LogP contribution is -2.24. The van der Waals surface area contributed by atoms with E-state index >= 15 is 0 Å². The van der Waals surface area contributed by atoms with E-state index in [9.17, 15) is 9.59 Å². The van der Waals surface area contributed by atoms with Crippen molar-refractivity contribution >= 4 is 29.1 Å². The van der Waals surface area contributed by atoms with Crippen molar-refractivity contribution in [1.82, 2.24) is 14.8 Å². The molecule has 1 N–H and O–H groups in total. The zero-order valence-electron chi connectivity index (χ0n) is 14.9. The van der Waals surface area contributed by atoms with Crippen molar-refractivity contribution in [3.63, 3.8) is 0 Å². The molecule has 2 aromatic rings. The lowest BCUT2D eigenvalue weighted by molar-refractivity contribution is -0.115. The fraction of sp³-hybridized carbons (Fsp3) is 0.474. The van der Waals surface area contributed by atoms with Crippen LogP contribution < -0.4 is 5.32 Å². The summed E-state index contributed by atoms with van der Waals surface area (Å²) in [5.41, 5.74) is 1.08. The van der Waals surface area contributed by atoms with Gasteiger partial charge in [0.15, 0.2) is 10.9 Å². The van der Waals surface area contributed by atoms with Gasteiger partial charge in [0.2, 0.25) is 5.91 Å². The molecule has 7 heteroatoms. The molecule has 136 valence electrons. The van der Waals surface area contributed by atoms with Crippen molar-refractivity contribution in [2.45, 2.75) is 61.9 Å². The molecule has 1 atom stereocenters. The predicted octanol–water partition coefficient (Wildman–Crippen LogP) is 3.81. The molecule has 0 radical (unpaired) electrons. The Balaban J connectivity index is 1.48. The van der Waals surface area contributed by atoms with Crippen molar-refractivity contribution in [2.24, 2.45) is 0 Å². The van der Waals surface area contributed by atoms with Crippen LogP contribution in [0.4, 0.5) is 5.69 Å². The van der Waals surface area contributed by atoms with Crippen molar-refractivity contribution in [3.8, 4) is 0 Å². The van der Waals surface area contributed by atoms with Crippen LogP contribution in [0.5, 0.6) is 0 Å². The summed E-state index contributed by atoms with van der Waals surface area (Å²) < 4.78 is 2.25. The molecule has 26 heavy (non-hydrogen) atoms. The molecule has 0 bridgehead atoms. The number of anilines is 1. The molecular formula is C19H22N4O2S. The highest BCUT2D eigenvalue weighted by Gasteiger charge is 2.37. The third kappa shape index (κ3) is 3.53. The molecule has 2 aliphatic rings. The number of nitrogens with zero attached hydrogens (tertiary/aromatic N) is 3. The highest BCUT2D eigenvalue weighted by Crippen LogP contribution is 2.46. The number of Topliss-reactive ketones (excluding diaryl/α,β-unsaturated/α-hetero) is 1. The number of para-hydroxylation sites is 1. The van der Waals surface area contributed by atoms with Gasteiger partial charge in [-0.1, -0.05) is 23.9 Å². The van der Waals surface area contributed by atoms with Crippen molar-refractivity contribution in [1.29, 1.82) is 0 Å². The van der Waals surface area contributed by atoms with E-state index in [2.05, 4.69) is 20.1 Å². The Kier molecular flexibility index (Phi) is 4.56. The van der Waals surface area contributed by atoms with Gasteiger partial charge in [-0.05, 0) is 51.7 Å². The molecule has 2 saturated carbocycles. The summed E-state index contributed by atoms with van der Waals surface area (Å²) in [6, 6.07) is 7.58. The Bertz CT molecular complexity index is 855. The maximum atomic E-state index is 12.6. The molecule has 2 aliphatic carbocycles. The van der Waals surface area contributed by atoms with E-state index in [1.165, 1.54) is 31.5 Å². The summed E-state index contributed by atoms with van der Waals surface area (Å²) in [6.45, 7) is 3.36. The number of carbonyl (C=O) groups excluding carboxylic acids is 2. The summed E-state index contributed by atoms with van der Waals surface area (Å²) in [7, 11) is 0. The summed E-state index contributed by atoms with van der Waals surface area (Å²) in [5.74, 6) is 1.43. The van der Waals surface area contributed by atoms with Gasteiger partial charge in [-0.25, -0.2) is 0 Å². The number of aromatic nitrogens is 3. The van der Waals surface area contributed by atoms with Crippen LogP contribution in [0, 0.1) is 0 Å². The summed E-state index contributed by atoms with van der Waals surface area (Å²) >= 11 is 1.44. The number of hydrogen-bond donors (Lipinski definition) is 1. The standard InChI is InChI=1S/C19H22N4O2S/c1-11(24)15-5-3-4-6-16(15)20-18(25)12(2)26-19-22-21-17(13-7-8-13)23(19)14-9-10-14/h3-6,12-14H,7-10H2,1-2H3,(H,20,25). The van der Waals surface area contributed by atoms with Crippen LogP contribution >= 0.6 is 11.8 Å². The topological polar surface area (TPSA) is 76.9 Å². The molecule has 1 unspecified atom stereocenters. The maximum Gasteiger partial charge on any atom is 0.237 e. The number of ketones is 1. The molecule has 1 amide bonds. The highest BCUT2D eigenvalue weighted by atomic mass is 32.2. The van der Waals surface area contributed by atoms with Crippen LogP contribution in [0.2, 0.25) is 0 Å². The first-order valence-electron chi connectivity index (χ1n) is 9.07. The average Bonchev–Trinajstić information content (AvgIpc) is 3.54. The molecule has 6 nitrogen and oxygen atoms in total. The minimum atomic E-state index is -0.330. The molecule has 2 fully saturated rings. The average molecular weight is 370 g/mol. The maximum absolute atomic E-state index is 12.6. The van der Waals surface area contributed by atoms with E-state index in [-0.39, 0.29) is 16.9 Å². The van der Waals surface area contributed by atoms with Gasteiger partial charge in [-0.3, -0.25) is 9.59 Å². The Morgan fingerprint density at radius 1 is 1.19 bits per heavy atom.